The SMILES string of the molecule is O=C(COC(=O)c1ccc(F)cc1Cl)NC(=O)c1cccs1. The smallest absolute Gasteiger partial charge is 0.340 e. The second kappa shape index (κ2) is 7.15. The van der Waals surface area contributed by atoms with Gasteiger partial charge in [-0.2, -0.15) is 0 Å². The summed E-state index contributed by atoms with van der Waals surface area (Å²) in [6, 6.07) is 6.37. The van der Waals surface area contributed by atoms with E-state index >= 15 is 0 Å². The Kier molecular flexibility index (Phi) is 5.24. The number of benzene rings is 1. The van der Waals surface area contributed by atoms with Gasteiger partial charge >= 0.3 is 5.97 Å². The van der Waals surface area contributed by atoms with Crippen molar-refractivity contribution < 1.29 is 23.5 Å². The molecule has 0 saturated heterocycles. The van der Waals surface area contributed by atoms with Gasteiger partial charge in [0.1, 0.15) is 5.82 Å². The van der Waals surface area contributed by atoms with Crippen LogP contribution in [0.4, 0.5) is 4.39 Å². The maximum Gasteiger partial charge on any atom is 0.340 e. The van der Waals surface area contributed by atoms with Crippen LogP contribution in [0.2, 0.25) is 5.02 Å². The number of rotatable bonds is 4. The summed E-state index contributed by atoms with van der Waals surface area (Å²) in [6.45, 7) is -0.649. The van der Waals surface area contributed by atoms with E-state index in [2.05, 4.69) is 5.32 Å². The lowest BCUT2D eigenvalue weighted by Gasteiger charge is -2.06. The van der Waals surface area contributed by atoms with Crippen molar-refractivity contribution in [2.45, 2.75) is 0 Å². The zero-order chi connectivity index (χ0) is 16.1. The number of nitrogens with one attached hydrogen (secondary N) is 1. The zero-order valence-electron chi connectivity index (χ0n) is 11.0. The molecule has 0 unspecified atom stereocenters. The van der Waals surface area contributed by atoms with Crippen LogP contribution in [0.25, 0.3) is 0 Å². The monoisotopic (exact) mass is 341 g/mol. The highest BCUT2D eigenvalue weighted by atomic mass is 35.5. The molecular formula is C14H9ClFNO4S. The van der Waals surface area contributed by atoms with Crippen LogP contribution in [0.3, 0.4) is 0 Å². The minimum atomic E-state index is -0.885. The number of carbonyl (C=O) groups excluding carboxylic acids is 3. The second-order valence-electron chi connectivity index (χ2n) is 4.05. The first kappa shape index (κ1) is 16.1. The van der Waals surface area contributed by atoms with E-state index in [0.29, 0.717) is 4.88 Å². The van der Waals surface area contributed by atoms with Gasteiger partial charge in [-0.05, 0) is 29.6 Å². The molecule has 1 aromatic carbocycles. The Balaban J connectivity index is 1.88. The number of halogens is 2. The Morgan fingerprint density at radius 2 is 2.05 bits per heavy atom. The number of carbonyl (C=O) groups is 3. The Morgan fingerprint density at radius 3 is 2.68 bits per heavy atom. The predicted octanol–water partition coefficient (Wildman–Crippen LogP) is 2.65. The number of esters is 1. The highest BCUT2D eigenvalue weighted by molar-refractivity contribution is 7.12. The average molecular weight is 342 g/mol. The summed E-state index contributed by atoms with van der Waals surface area (Å²) in [4.78, 5) is 35.2. The number of thiophene rings is 1. The second-order valence-corrected chi connectivity index (χ2v) is 5.41. The molecule has 5 nitrogen and oxygen atoms in total. The van der Waals surface area contributed by atoms with Crippen LogP contribution < -0.4 is 5.32 Å². The fourth-order valence-electron chi connectivity index (χ4n) is 1.50. The predicted molar refractivity (Wildman–Crippen MR) is 78.5 cm³/mol. The van der Waals surface area contributed by atoms with Crippen molar-refractivity contribution in [3.8, 4) is 0 Å². The fourth-order valence-corrected chi connectivity index (χ4v) is 2.36. The first-order valence-corrected chi connectivity index (χ1v) is 7.23. The standard InChI is InChI=1S/C14H9ClFNO4S/c15-10-6-8(16)3-4-9(10)14(20)21-7-12(18)17-13(19)11-2-1-5-22-11/h1-6H,7H2,(H,17,18,19). The summed E-state index contributed by atoms with van der Waals surface area (Å²) in [5.74, 6) is -2.83. The van der Waals surface area contributed by atoms with Crippen molar-refractivity contribution in [2.24, 2.45) is 0 Å². The van der Waals surface area contributed by atoms with Crippen LogP contribution in [0, 0.1) is 5.82 Å². The van der Waals surface area contributed by atoms with E-state index < -0.39 is 30.2 Å². The van der Waals surface area contributed by atoms with Crippen LogP contribution in [0.1, 0.15) is 20.0 Å². The van der Waals surface area contributed by atoms with E-state index in [0.717, 1.165) is 18.2 Å². The molecule has 0 saturated carbocycles. The summed E-state index contributed by atoms with van der Waals surface area (Å²) in [5.41, 5.74) is -0.0690. The van der Waals surface area contributed by atoms with Gasteiger partial charge in [0, 0.05) is 0 Å². The van der Waals surface area contributed by atoms with Crippen molar-refractivity contribution in [3.63, 3.8) is 0 Å². The summed E-state index contributed by atoms with van der Waals surface area (Å²) < 4.78 is 17.6. The average Bonchev–Trinajstić information content (AvgIpc) is 2.99. The molecule has 0 bridgehead atoms. The van der Waals surface area contributed by atoms with Gasteiger partial charge in [-0.1, -0.05) is 17.7 Å². The van der Waals surface area contributed by atoms with E-state index in [1.165, 1.54) is 11.3 Å². The highest BCUT2D eigenvalue weighted by Crippen LogP contribution is 2.18. The molecule has 0 aliphatic heterocycles. The van der Waals surface area contributed by atoms with Crippen molar-refractivity contribution >= 4 is 40.7 Å². The van der Waals surface area contributed by atoms with E-state index in [1.807, 2.05) is 0 Å². The summed E-state index contributed by atoms with van der Waals surface area (Å²) in [5, 5.41) is 3.64. The molecule has 1 N–H and O–H groups in total. The molecule has 2 rings (SSSR count). The van der Waals surface area contributed by atoms with Gasteiger partial charge in [0.05, 0.1) is 15.5 Å². The largest absolute Gasteiger partial charge is 0.452 e. The molecule has 0 atom stereocenters. The maximum atomic E-state index is 12.9. The maximum absolute atomic E-state index is 12.9. The minimum absolute atomic E-state index is 0.0690. The number of hydrogen-bond donors (Lipinski definition) is 1. The van der Waals surface area contributed by atoms with Crippen molar-refractivity contribution in [1.29, 1.82) is 0 Å². The zero-order valence-corrected chi connectivity index (χ0v) is 12.5. The Labute approximate surface area is 133 Å². The van der Waals surface area contributed by atoms with Gasteiger partial charge in [0.2, 0.25) is 0 Å². The molecule has 0 aliphatic carbocycles. The molecule has 22 heavy (non-hydrogen) atoms. The van der Waals surface area contributed by atoms with E-state index in [4.69, 9.17) is 16.3 Å². The lowest BCUT2D eigenvalue weighted by molar-refractivity contribution is -0.123. The molecular weight excluding hydrogens is 333 g/mol. The topological polar surface area (TPSA) is 72.5 Å². The molecule has 0 fully saturated rings. The first-order chi connectivity index (χ1) is 10.5. The summed E-state index contributed by atoms with van der Waals surface area (Å²) >= 11 is 6.87. The lowest BCUT2D eigenvalue weighted by Crippen LogP contribution is -2.33. The van der Waals surface area contributed by atoms with Gasteiger partial charge in [-0.3, -0.25) is 14.9 Å². The number of hydrogen-bond acceptors (Lipinski definition) is 5. The van der Waals surface area contributed by atoms with Gasteiger partial charge in [-0.15, -0.1) is 11.3 Å². The van der Waals surface area contributed by atoms with Crippen molar-refractivity contribution in [2.75, 3.05) is 6.61 Å². The molecule has 2 amide bonds. The molecule has 2 aromatic rings. The van der Waals surface area contributed by atoms with Crippen molar-refractivity contribution in [1.82, 2.24) is 5.32 Å². The molecule has 114 valence electrons. The van der Waals surface area contributed by atoms with Crippen LogP contribution in [0.15, 0.2) is 35.7 Å². The Morgan fingerprint density at radius 1 is 1.27 bits per heavy atom. The first-order valence-electron chi connectivity index (χ1n) is 5.97. The number of amides is 2. The van der Waals surface area contributed by atoms with Crippen LogP contribution in [0.5, 0.6) is 0 Å². The summed E-state index contributed by atoms with van der Waals surface area (Å²) in [6.07, 6.45) is 0. The molecule has 0 radical (unpaired) electrons. The summed E-state index contributed by atoms with van der Waals surface area (Å²) in [7, 11) is 0. The quantitative estimate of drug-likeness (QED) is 0.868. The third-order valence-electron chi connectivity index (χ3n) is 2.48. The number of ether oxygens (including phenoxy) is 1. The van der Waals surface area contributed by atoms with Gasteiger partial charge in [0.25, 0.3) is 11.8 Å². The van der Waals surface area contributed by atoms with Crippen LogP contribution in [-0.4, -0.2) is 24.4 Å². The molecule has 0 aliphatic rings. The van der Waals surface area contributed by atoms with E-state index in [-0.39, 0.29) is 10.6 Å². The van der Waals surface area contributed by atoms with Crippen molar-refractivity contribution in [3.05, 3.63) is 57.0 Å². The molecule has 8 heteroatoms. The third kappa shape index (κ3) is 4.12. The Hall–Kier alpha value is -2.25. The minimum Gasteiger partial charge on any atom is -0.452 e. The lowest BCUT2D eigenvalue weighted by atomic mass is 10.2. The molecule has 1 aromatic heterocycles. The van der Waals surface area contributed by atoms with Crippen LogP contribution >= 0.6 is 22.9 Å². The van der Waals surface area contributed by atoms with Gasteiger partial charge in [-0.25, -0.2) is 9.18 Å². The fraction of sp³-hybridized carbons (Fsp3) is 0.0714. The van der Waals surface area contributed by atoms with Crippen LogP contribution in [-0.2, 0) is 9.53 Å². The number of imide groups is 1. The van der Waals surface area contributed by atoms with Gasteiger partial charge in [0.15, 0.2) is 6.61 Å². The van der Waals surface area contributed by atoms with Gasteiger partial charge < -0.3 is 4.74 Å². The normalized spacial score (nSPS) is 10.1. The van der Waals surface area contributed by atoms with E-state index in [9.17, 15) is 18.8 Å². The molecule has 1 heterocycles. The highest BCUT2D eigenvalue weighted by Gasteiger charge is 2.16. The molecule has 0 spiro atoms. The third-order valence-corrected chi connectivity index (χ3v) is 3.66. The van der Waals surface area contributed by atoms with E-state index in [1.54, 1.807) is 17.5 Å². The Bertz CT molecular complexity index is 718.